The topological polar surface area (TPSA) is 21.3 Å². The number of nitrogens with one attached hydrogen (secondary N) is 1. The van der Waals surface area contributed by atoms with E-state index >= 15 is 0 Å². The van der Waals surface area contributed by atoms with Crippen LogP contribution in [0.15, 0.2) is 18.2 Å². The third kappa shape index (κ3) is 3.12. The van der Waals surface area contributed by atoms with Crippen molar-refractivity contribution in [1.82, 2.24) is 5.32 Å². The highest BCUT2D eigenvalue weighted by atomic mass is 16.5. The number of hydrogen-bond acceptors (Lipinski definition) is 2. The van der Waals surface area contributed by atoms with Gasteiger partial charge in [0.05, 0.1) is 6.61 Å². The number of benzene rings is 1. The van der Waals surface area contributed by atoms with E-state index in [-0.39, 0.29) is 0 Å². The Bertz CT molecular complexity index is 394. The number of rotatable bonds is 5. The van der Waals surface area contributed by atoms with E-state index in [1.807, 2.05) is 0 Å². The van der Waals surface area contributed by atoms with Crippen molar-refractivity contribution in [3.8, 4) is 0 Å². The summed E-state index contributed by atoms with van der Waals surface area (Å²) in [6.45, 7) is 10.4. The van der Waals surface area contributed by atoms with Gasteiger partial charge in [0.2, 0.25) is 0 Å². The maximum absolute atomic E-state index is 5.64. The van der Waals surface area contributed by atoms with E-state index in [0.717, 1.165) is 32.7 Å². The minimum Gasteiger partial charge on any atom is -0.381 e. The van der Waals surface area contributed by atoms with Crippen molar-refractivity contribution in [3.05, 3.63) is 34.9 Å². The van der Waals surface area contributed by atoms with Gasteiger partial charge in [0, 0.05) is 18.6 Å². The van der Waals surface area contributed by atoms with Crippen LogP contribution >= 0.6 is 0 Å². The van der Waals surface area contributed by atoms with Crippen molar-refractivity contribution < 1.29 is 4.74 Å². The van der Waals surface area contributed by atoms with E-state index in [1.54, 1.807) is 0 Å². The molecule has 100 valence electrons. The predicted octanol–water partition coefficient (Wildman–Crippen LogP) is 2.86. The minimum atomic E-state index is 0.303. The largest absolute Gasteiger partial charge is 0.381 e. The minimum absolute atomic E-state index is 0.303. The Morgan fingerprint density at radius 2 is 2.11 bits per heavy atom. The van der Waals surface area contributed by atoms with Gasteiger partial charge in [0.15, 0.2) is 0 Å². The fraction of sp³-hybridized carbons (Fsp3) is 0.625. The summed E-state index contributed by atoms with van der Waals surface area (Å²) in [7, 11) is 0. The van der Waals surface area contributed by atoms with Gasteiger partial charge in [-0.2, -0.15) is 0 Å². The van der Waals surface area contributed by atoms with Crippen LogP contribution in [0.3, 0.4) is 0 Å². The van der Waals surface area contributed by atoms with Crippen molar-refractivity contribution in [3.63, 3.8) is 0 Å². The fourth-order valence-corrected chi connectivity index (χ4v) is 2.73. The van der Waals surface area contributed by atoms with Crippen molar-refractivity contribution >= 4 is 0 Å². The third-order valence-corrected chi connectivity index (χ3v) is 4.09. The Hall–Kier alpha value is -0.860. The fourth-order valence-electron chi connectivity index (χ4n) is 2.73. The zero-order valence-corrected chi connectivity index (χ0v) is 11.9. The van der Waals surface area contributed by atoms with E-state index in [1.165, 1.54) is 23.1 Å². The van der Waals surface area contributed by atoms with Gasteiger partial charge in [-0.3, -0.25) is 0 Å². The monoisotopic (exact) mass is 247 g/mol. The first-order valence-corrected chi connectivity index (χ1v) is 7.00. The van der Waals surface area contributed by atoms with Crippen LogP contribution in [0.5, 0.6) is 0 Å². The molecule has 2 rings (SSSR count). The molecule has 1 aliphatic heterocycles. The zero-order valence-electron chi connectivity index (χ0n) is 11.9. The Balaban J connectivity index is 2.10. The summed E-state index contributed by atoms with van der Waals surface area (Å²) in [5.74, 6) is 0. The highest BCUT2D eigenvalue weighted by molar-refractivity contribution is 5.30. The maximum Gasteiger partial charge on any atom is 0.0538 e. The first-order valence-electron chi connectivity index (χ1n) is 7.00. The van der Waals surface area contributed by atoms with E-state index in [0.29, 0.717) is 5.41 Å². The lowest BCUT2D eigenvalue weighted by molar-refractivity contribution is 0.149. The Labute approximate surface area is 111 Å². The lowest BCUT2D eigenvalue weighted by Crippen LogP contribution is -2.36. The van der Waals surface area contributed by atoms with Crippen molar-refractivity contribution in [1.29, 1.82) is 0 Å². The molecular weight excluding hydrogens is 222 g/mol. The van der Waals surface area contributed by atoms with Crippen LogP contribution in [-0.2, 0) is 11.2 Å². The van der Waals surface area contributed by atoms with Gasteiger partial charge in [0.25, 0.3) is 0 Å². The average molecular weight is 247 g/mol. The van der Waals surface area contributed by atoms with E-state index in [4.69, 9.17) is 4.74 Å². The van der Waals surface area contributed by atoms with E-state index in [2.05, 4.69) is 44.3 Å². The van der Waals surface area contributed by atoms with Gasteiger partial charge in [-0.1, -0.05) is 25.1 Å². The molecule has 1 fully saturated rings. The highest BCUT2D eigenvalue weighted by Gasteiger charge is 2.34. The molecule has 1 unspecified atom stereocenters. The molecule has 0 bridgehead atoms. The highest BCUT2D eigenvalue weighted by Crippen LogP contribution is 2.32. The molecule has 1 aromatic rings. The normalized spacial score (nSPS) is 23.5. The lowest BCUT2D eigenvalue weighted by Gasteiger charge is -2.28. The molecular formula is C16H25NO. The average Bonchev–Trinajstić information content (AvgIpc) is 2.80. The summed E-state index contributed by atoms with van der Waals surface area (Å²) < 4.78 is 5.64. The molecule has 1 aliphatic rings. The van der Waals surface area contributed by atoms with Crippen LogP contribution in [0.25, 0.3) is 0 Å². The smallest absolute Gasteiger partial charge is 0.0538 e. The van der Waals surface area contributed by atoms with Crippen LogP contribution in [0.4, 0.5) is 0 Å². The van der Waals surface area contributed by atoms with Crippen molar-refractivity contribution in [2.45, 2.75) is 33.6 Å². The summed E-state index contributed by atoms with van der Waals surface area (Å²) in [4.78, 5) is 0. The lowest BCUT2D eigenvalue weighted by atomic mass is 9.80. The number of ether oxygens (including phenoxy) is 1. The second-order valence-electron chi connectivity index (χ2n) is 5.68. The van der Waals surface area contributed by atoms with Crippen molar-refractivity contribution in [2.24, 2.45) is 5.41 Å². The molecule has 0 aliphatic carbocycles. The quantitative estimate of drug-likeness (QED) is 0.864. The van der Waals surface area contributed by atoms with Gasteiger partial charge < -0.3 is 10.1 Å². The van der Waals surface area contributed by atoms with Crippen LogP contribution in [-0.4, -0.2) is 26.3 Å². The van der Waals surface area contributed by atoms with Gasteiger partial charge in [-0.15, -0.1) is 0 Å². The van der Waals surface area contributed by atoms with Crippen LogP contribution in [0.2, 0.25) is 0 Å². The van der Waals surface area contributed by atoms with Gasteiger partial charge in [-0.05, 0) is 49.9 Å². The first-order chi connectivity index (χ1) is 8.65. The molecule has 1 heterocycles. The van der Waals surface area contributed by atoms with E-state index in [9.17, 15) is 0 Å². The Kier molecular flexibility index (Phi) is 4.41. The SMILES string of the molecule is CCNCC1(Cc2ccc(C)c(C)c2)CCOC1. The summed E-state index contributed by atoms with van der Waals surface area (Å²) in [6.07, 6.45) is 2.30. The number of aryl methyl sites for hydroxylation is 2. The van der Waals surface area contributed by atoms with Crippen LogP contribution < -0.4 is 5.32 Å². The molecule has 1 aromatic carbocycles. The van der Waals surface area contributed by atoms with Gasteiger partial charge >= 0.3 is 0 Å². The second-order valence-corrected chi connectivity index (χ2v) is 5.68. The molecule has 1 N–H and O–H groups in total. The molecule has 0 saturated carbocycles. The summed E-state index contributed by atoms with van der Waals surface area (Å²) in [5.41, 5.74) is 4.52. The van der Waals surface area contributed by atoms with E-state index < -0.39 is 0 Å². The summed E-state index contributed by atoms with van der Waals surface area (Å²) in [6, 6.07) is 6.84. The molecule has 2 nitrogen and oxygen atoms in total. The van der Waals surface area contributed by atoms with Crippen molar-refractivity contribution in [2.75, 3.05) is 26.3 Å². The van der Waals surface area contributed by atoms with Gasteiger partial charge in [-0.25, -0.2) is 0 Å². The Morgan fingerprint density at radius 3 is 2.72 bits per heavy atom. The molecule has 1 saturated heterocycles. The number of hydrogen-bond donors (Lipinski definition) is 1. The molecule has 18 heavy (non-hydrogen) atoms. The summed E-state index contributed by atoms with van der Waals surface area (Å²) in [5, 5.41) is 3.50. The van der Waals surface area contributed by atoms with Crippen LogP contribution in [0.1, 0.15) is 30.0 Å². The second kappa shape index (κ2) is 5.85. The summed E-state index contributed by atoms with van der Waals surface area (Å²) >= 11 is 0. The molecule has 0 spiro atoms. The van der Waals surface area contributed by atoms with Gasteiger partial charge in [0.1, 0.15) is 0 Å². The molecule has 2 heteroatoms. The first kappa shape index (κ1) is 13.6. The molecule has 0 aromatic heterocycles. The zero-order chi connectivity index (χ0) is 13.0. The Morgan fingerprint density at radius 1 is 1.28 bits per heavy atom. The maximum atomic E-state index is 5.64. The standard InChI is InChI=1S/C16H25NO/c1-4-17-11-16(7-8-18-12-16)10-15-6-5-13(2)14(3)9-15/h5-6,9,17H,4,7-8,10-12H2,1-3H3. The molecule has 1 atom stereocenters. The molecule has 0 radical (unpaired) electrons. The molecule has 0 amide bonds. The third-order valence-electron chi connectivity index (χ3n) is 4.09. The van der Waals surface area contributed by atoms with Crippen LogP contribution in [0, 0.1) is 19.3 Å². The predicted molar refractivity (Wildman–Crippen MR) is 76.0 cm³/mol.